The van der Waals surface area contributed by atoms with E-state index in [0.717, 1.165) is 0 Å². The van der Waals surface area contributed by atoms with Crippen LogP contribution < -0.4 is 4.74 Å². The van der Waals surface area contributed by atoms with Gasteiger partial charge < -0.3 is 9.47 Å². The molecule has 1 aromatic heterocycles. The first-order chi connectivity index (χ1) is 10.2. The van der Waals surface area contributed by atoms with Gasteiger partial charge in [-0.2, -0.15) is 0 Å². The van der Waals surface area contributed by atoms with E-state index in [1.165, 1.54) is 18.0 Å². The van der Waals surface area contributed by atoms with Crippen LogP contribution in [0.2, 0.25) is 0 Å². The maximum atomic E-state index is 12.2. The molecule has 21 heavy (non-hydrogen) atoms. The van der Waals surface area contributed by atoms with Crippen molar-refractivity contribution in [3.8, 4) is 5.75 Å². The number of rotatable bonds is 6. The Balaban J connectivity index is 2.11. The van der Waals surface area contributed by atoms with Crippen LogP contribution in [0.1, 0.15) is 27.8 Å². The highest BCUT2D eigenvalue weighted by Crippen LogP contribution is 2.18. The van der Waals surface area contributed by atoms with Gasteiger partial charge in [0, 0.05) is 0 Å². The largest absolute Gasteiger partial charge is 0.496 e. The topological polar surface area (TPSA) is 83.3 Å². The lowest BCUT2D eigenvalue weighted by molar-refractivity contribution is 0.0519. The first-order valence-corrected chi connectivity index (χ1v) is 6.39. The summed E-state index contributed by atoms with van der Waals surface area (Å²) in [6.07, 6.45) is 1.38. The average molecular weight is 289 g/mol. The van der Waals surface area contributed by atoms with Crippen LogP contribution in [0.4, 0.5) is 0 Å². The molecule has 0 aliphatic carbocycles. The summed E-state index contributed by atoms with van der Waals surface area (Å²) in [6.45, 7) is 1.92. The fourth-order valence-electron chi connectivity index (χ4n) is 1.78. The van der Waals surface area contributed by atoms with Crippen LogP contribution in [0.15, 0.2) is 30.5 Å². The number of hydrogen-bond acceptors (Lipinski definition) is 6. The Bertz CT molecular complexity index is 651. The molecule has 0 amide bonds. The van der Waals surface area contributed by atoms with Crippen molar-refractivity contribution in [2.75, 3.05) is 13.7 Å². The average Bonchev–Trinajstić information content (AvgIpc) is 2.96. The fraction of sp³-hybridized carbons (Fsp3) is 0.286. The summed E-state index contributed by atoms with van der Waals surface area (Å²) >= 11 is 0. The highest BCUT2D eigenvalue weighted by Gasteiger charge is 2.16. The molecule has 0 bridgehead atoms. The number of esters is 1. The Morgan fingerprint density at radius 3 is 2.76 bits per heavy atom. The number of ketones is 1. The minimum atomic E-state index is -0.562. The molecule has 7 nitrogen and oxygen atoms in total. The molecule has 0 aliphatic rings. The number of benzene rings is 1. The lowest BCUT2D eigenvalue weighted by atomic mass is 10.1. The Morgan fingerprint density at radius 2 is 2.05 bits per heavy atom. The number of Topliss-reactive ketones (excluding diaryl/α,β-unsaturated/α-hetero) is 1. The predicted octanol–water partition coefficient (Wildman–Crippen LogP) is 1.35. The van der Waals surface area contributed by atoms with Gasteiger partial charge in [0.15, 0.2) is 11.5 Å². The molecule has 0 saturated heterocycles. The Morgan fingerprint density at radius 1 is 1.29 bits per heavy atom. The number of aromatic nitrogens is 3. The highest BCUT2D eigenvalue weighted by atomic mass is 16.5. The van der Waals surface area contributed by atoms with Crippen LogP contribution >= 0.6 is 0 Å². The molecule has 2 rings (SSSR count). The second-order valence-electron chi connectivity index (χ2n) is 4.15. The van der Waals surface area contributed by atoms with Gasteiger partial charge in [-0.25, -0.2) is 9.48 Å². The molecular weight excluding hydrogens is 274 g/mol. The summed E-state index contributed by atoms with van der Waals surface area (Å²) in [4.78, 5) is 23.7. The van der Waals surface area contributed by atoms with Crippen molar-refractivity contribution >= 4 is 11.8 Å². The Hall–Kier alpha value is -2.70. The zero-order chi connectivity index (χ0) is 15.2. The molecule has 0 atom stereocenters. The molecule has 0 radical (unpaired) electrons. The van der Waals surface area contributed by atoms with Crippen molar-refractivity contribution < 1.29 is 19.1 Å². The van der Waals surface area contributed by atoms with Crippen molar-refractivity contribution in [1.29, 1.82) is 0 Å². The standard InChI is InChI=1S/C14H15N3O4/c1-3-21-14(19)11-8-17(16-15-11)9-12(18)10-6-4-5-7-13(10)20-2/h4-8H,3,9H2,1-2H3. The number of hydrogen-bond donors (Lipinski definition) is 0. The number of methoxy groups -OCH3 is 1. The molecule has 2 aromatic rings. The van der Waals surface area contributed by atoms with Crippen LogP contribution in [0.5, 0.6) is 5.75 Å². The first-order valence-electron chi connectivity index (χ1n) is 6.39. The summed E-state index contributed by atoms with van der Waals surface area (Å²) in [5.41, 5.74) is 0.526. The quantitative estimate of drug-likeness (QED) is 0.589. The van der Waals surface area contributed by atoms with E-state index in [1.807, 2.05) is 0 Å². The van der Waals surface area contributed by atoms with Crippen molar-refractivity contribution in [3.63, 3.8) is 0 Å². The zero-order valence-corrected chi connectivity index (χ0v) is 11.8. The summed E-state index contributed by atoms with van der Waals surface area (Å²) in [7, 11) is 1.50. The van der Waals surface area contributed by atoms with Crippen LogP contribution in [0.3, 0.4) is 0 Å². The number of carbonyl (C=O) groups excluding carboxylic acids is 2. The fourth-order valence-corrected chi connectivity index (χ4v) is 1.78. The molecular formula is C14H15N3O4. The van der Waals surface area contributed by atoms with Gasteiger partial charge in [0.1, 0.15) is 12.3 Å². The van der Waals surface area contributed by atoms with Gasteiger partial charge in [0.2, 0.25) is 0 Å². The summed E-state index contributed by atoms with van der Waals surface area (Å²) < 4.78 is 11.2. The minimum absolute atomic E-state index is 0.0349. The van der Waals surface area contributed by atoms with Crippen molar-refractivity contribution in [2.45, 2.75) is 13.5 Å². The van der Waals surface area contributed by atoms with Crippen molar-refractivity contribution in [1.82, 2.24) is 15.0 Å². The predicted molar refractivity (Wildman–Crippen MR) is 73.3 cm³/mol. The SMILES string of the molecule is CCOC(=O)c1cn(CC(=O)c2ccccc2OC)nn1. The Labute approximate surface area is 121 Å². The molecule has 110 valence electrons. The van der Waals surface area contributed by atoms with E-state index in [0.29, 0.717) is 11.3 Å². The molecule has 1 aromatic carbocycles. The lowest BCUT2D eigenvalue weighted by Crippen LogP contribution is -2.12. The zero-order valence-electron chi connectivity index (χ0n) is 11.8. The lowest BCUT2D eigenvalue weighted by Gasteiger charge is -2.06. The number of ether oxygens (including phenoxy) is 2. The van der Waals surface area contributed by atoms with Gasteiger partial charge in [0.05, 0.1) is 25.5 Å². The van der Waals surface area contributed by atoms with E-state index in [4.69, 9.17) is 9.47 Å². The van der Waals surface area contributed by atoms with Gasteiger partial charge in [-0.3, -0.25) is 4.79 Å². The van der Waals surface area contributed by atoms with E-state index in [9.17, 15) is 9.59 Å². The summed E-state index contributed by atoms with van der Waals surface area (Å²) in [6, 6.07) is 6.91. The maximum absolute atomic E-state index is 12.2. The third kappa shape index (κ3) is 3.44. The normalized spacial score (nSPS) is 10.2. The Kier molecular flexibility index (Phi) is 4.65. The summed E-state index contributed by atoms with van der Waals surface area (Å²) in [5, 5.41) is 7.42. The van der Waals surface area contributed by atoms with E-state index in [-0.39, 0.29) is 24.6 Å². The number of nitrogens with zero attached hydrogens (tertiary/aromatic N) is 3. The van der Waals surface area contributed by atoms with Gasteiger partial charge in [0.25, 0.3) is 0 Å². The van der Waals surface area contributed by atoms with Crippen LogP contribution in [-0.4, -0.2) is 40.5 Å². The highest BCUT2D eigenvalue weighted by molar-refractivity contribution is 5.98. The molecule has 0 N–H and O–H groups in total. The van der Waals surface area contributed by atoms with Gasteiger partial charge in [-0.1, -0.05) is 17.3 Å². The first kappa shape index (κ1) is 14.7. The third-order valence-electron chi connectivity index (χ3n) is 2.74. The van der Waals surface area contributed by atoms with Crippen molar-refractivity contribution in [2.24, 2.45) is 0 Å². The van der Waals surface area contributed by atoms with Gasteiger partial charge in [-0.05, 0) is 19.1 Å². The van der Waals surface area contributed by atoms with Crippen LogP contribution in [0.25, 0.3) is 0 Å². The van der Waals surface area contributed by atoms with Crippen molar-refractivity contribution in [3.05, 3.63) is 41.7 Å². The summed E-state index contributed by atoms with van der Waals surface area (Å²) in [5.74, 6) is -0.255. The molecule has 0 fully saturated rings. The van der Waals surface area contributed by atoms with Crippen LogP contribution in [-0.2, 0) is 11.3 Å². The molecule has 0 aliphatic heterocycles. The molecule has 7 heteroatoms. The van der Waals surface area contributed by atoms with E-state index < -0.39 is 5.97 Å². The number of carbonyl (C=O) groups is 2. The molecule has 0 spiro atoms. The molecule has 0 unspecified atom stereocenters. The maximum Gasteiger partial charge on any atom is 0.360 e. The minimum Gasteiger partial charge on any atom is -0.496 e. The third-order valence-corrected chi connectivity index (χ3v) is 2.74. The van der Waals surface area contributed by atoms with E-state index >= 15 is 0 Å². The van der Waals surface area contributed by atoms with Crippen LogP contribution in [0, 0.1) is 0 Å². The number of para-hydroxylation sites is 1. The van der Waals surface area contributed by atoms with E-state index in [2.05, 4.69) is 10.3 Å². The second kappa shape index (κ2) is 6.65. The molecule has 1 heterocycles. The second-order valence-corrected chi connectivity index (χ2v) is 4.15. The molecule has 0 saturated carbocycles. The van der Waals surface area contributed by atoms with E-state index in [1.54, 1.807) is 31.2 Å². The monoisotopic (exact) mass is 289 g/mol. The van der Waals surface area contributed by atoms with Gasteiger partial charge >= 0.3 is 5.97 Å². The van der Waals surface area contributed by atoms with Gasteiger partial charge in [-0.15, -0.1) is 5.10 Å². The smallest absolute Gasteiger partial charge is 0.360 e.